The van der Waals surface area contributed by atoms with Crippen molar-refractivity contribution in [1.82, 2.24) is 4.98 Å². The summed E-state index contributed by atoms with van der Waals surface area (Å²) in [6.45, 7) is 5.01. The van der Waals surface area contributed by atoms with Gasteiger partial charge in [0.1, 0.15) is 0 Å². The number of rotatable bonds is 1. The van der Waals surface area contributed by atoms with E-state index in [0.717, 1.165) is 0 Å². The topological polar surface area (TPSA) is 36.4 Å². The maximum absolute atomic E-state index is 13.4. The van der Waals surface area contributed by atoms with E-state index >= 15 is 0 Å². The first-order chi connectivity index (χ1) is 7.00. The second-order valence-electron chi connectivity index (χ2n) is 4.69. The summed E-state index contributed by atoms with van der Waals surface area (Å²) in [5.41, 5.74) is -0.204. The van der Waals surface area contributed by atoms with Gasteiger partial charge in [0.25, 0.3) is 0 Å². The van der Waals surface area contributed by atoms with Crippen molar-refractivity contribution < 1.29 is 9.50 Å². The smallest absolute Gasteiger partial charge is 0.165 e. The van der Waals surface area contributed by atoms with Gasteiger partial charge in [0, 0.05) is 24.7 Å². The predicted molar refractivity (Wildman–Crippen MR) is 56.2 cm³/mol. The number of pyridine rings is 1. The third kappa shape index (κ3) is 1.81. The summed E-state index contributed by atoms with van der Waals surface area (Å²) in [6, 6.07) is 2.95. The van der Waals surface area contributed by atoms with Gasteiger partial charge in [0.2, 0.25) is 0 Å². The Morgan fingerprint density at radius 2 is 2.33 bits per heavy atom. The average Bonchev–Trinajstić information content (AvgIpc) is 2.42. The van der Waals surface area contributed by atoms with Gasteiger partial charge in [-0.1, -0.05) is 13.8 Å². The summed E-state index contributed by atoms with van der Waals surface area (Å²) < 4.78 is 13.4. The Hall–Kier alpha value is -1.16. The van der Waals surface area contributed by atoms with Crippen LogP contribution in [0.15, 0.2) is 18.3 Å². The molecule has 0 saturated carbocycles. The molecule has 2 heterocycles. The average molecular weight is 210 g/mol. The fourth-order valence-electron chi connectivity index (χ4n) is 1.89. The highest BCUT2D eigenvalue weighted by Gasteiger charge is 2.39. The Morgan fingerprint density at radius 1 is 1.60 bits per heavy atom. The number of aromatic nitrogens is 1. The predicted octanol–water partition coefficient (Wildman–Crippen LogP) is 1.43. The van der Waals surface area contributed by atoms with E-state index in [-0.39, 0.29) is 11.2 Å². The van der Waals surface area contributed by atoms with E-state index in [9.17, 15) is 9.50 Å². The Morgan fingerprint density at radius 3 is 2.87 bits per heavy atom. The number of hydrogen-bond donors (Lipinski definition) is 1. The van der Waals surface area contributed by atoms with Crippen molar-refractivity contribution in [2.45, 2.75) is 20.0 Å². The van der Waals surface area contributed by atoms with Gasteiger partial charge in [-0.05, 0) is 12.1 Å². The quantitative estimate of drug-likeness (QED) is 0.761. The molecule has 3 nitrogen and oxygen atoms in total. The molecule has 1 aromatic rings. The number of hydrogen-bond acceptors (Lipinski definition) is 3. The van der Waals surface area contributed by atoms with Crippen LogP contribution in [0.25, 0.3) is 0 Å². The highest BCUT2D eigenvalue weighted by atomic mass is 19.1. The van der Waals surface area contributed by atoms with Crippen molar-refractivity contribution in [3.05, 3.63) is 24.1 Å². The zero-order valence-electron chi connectivity index (χ0n) is 8.94. The van der Waals surface area contributed by atoms with Crippen molar-refractivity contribution in [1.29, 1.82) is 0 Å². The van der Waals surface area contributed by atoms with Gasteiger partial charge in [-0.15, -0.1) is 0 Å². The van der Waals surface area contributed by atoms with Crippen molar-refractivity contribution in [3.63, 3.8) is 0 Å². The Bertz CT molecular complexity index is 367. The molecule has 1 N–H and O–H groups in total. The molecule has 0 amide bonds. The Kier molecular flexibility index (Phi) is 2.38. The van der Waals surface area contributed by atoms with E-state index in [1.807, 2.05) is 13.8 Å². The standard InChI is InChI=1S/C11H15FN2O/c1-11(2)7-14(6-9(11)15)10-8(12)4-3-5-13-10/h3-5,9,15H,6-7H2,1-2H3/t9-/m0/s1. The Balaban J connectivity index is 2.25. The summed E-state index contributed by atoms with van der Waals surface area (Å²) in [6.07, 6.45) is 1.13. The summed E-state index contributed by atoms with van der Waals surface area (Å²) in [5.74, 6) is 0.00419. The lowest BCUT2D eigenvalue weighted by molar-refractivity contribution is 0.0964. The van der Waals surface area contributed by atoms with Crippen LogP contribution in [0.3, 0.4) is 0 Å². The molecule has 0 aromatic carbocycles. The molecule has 2 rings (SSSR count). The van der Waals surface area contributed by atoms with Crippen molar-refractivity contribution in [2.75, 3.05) is 18.0 Å². The molecular formula is C11H15FN2O. The van der Waals surface area contributed by atoms with Crippen molar-refractivity contribution in [3.8, 4) is 0 Å². The van der Waals surface area contributed by atoms with Crippen LogP contribution in [0.2, 0.25) is 0 Å². The molecule has 4 heteroatoms. The lowest BCUT2D eigenvalue weighted by Crippen LogP contribution is -2.26. The van der Waals surface area contributed by atoms with E-state index in [1.54, 1.807) is 17.2 Å². The van der Waals surface area contributed by atoms with E-state index in [0.29, 0.717) is 18.9 Å². The van der Waals surface area contributed by atoms with E-state index in [4.69, 9.17) is 0 Å². The fourth-order valence-corrected chi connectivity index (χ4v) is 1.89. The van der Waals surface area contributed by atoms with Crippen LogP contribution in [-0.2, 0) is 0 Å². The van der Waals surface area contributed by atoms with Gasteiger partial charge >= 0.3 is 0 Å². The van der Waals surface area contributed by atoms with Crippen LogP contribution in [0, 0.1) is 11.2 Å². The SMILES string of the molecule is CC1(C)CN(c2ncccc2F)C[C@@H]1O. The van der Waals surface area contributed by atoms with Crippen molar-refractivity contribution >= 4 is 5.82 Å². The molecule has 1 aliphatic heterocycles. The lowest BCUT2D eigenvalue weighted by atomic mass is 9.90. The number of nitrogens with zero attached hydrogens (tertiary/aromatic N) is 2. The minimum absolute atomic E-state index is 0.204. The maximum Gasteiger partial charge on any atom is 0.165 e. The summed E-state index contributed by atoms with van der Waals surface area (Å²) >= 11 is 0. The molecule has 1 saturated heterocycles. The van der Waals surface area contributed by atoms with Crippen LogP contribution >= 0.6 is 0 Å². The van der Waals surface area contributed by atoms with E-state index in [2.05, 4.69) is 4.98 Å². The van der Waals surface area contributed by atoms with Crippen LogP contribution in [0.1, 0.15) is 13.8 Å². The minimum atomic E-state index is -0.432. The summed E-state index contributed by atoms with van der Waals surface area (Å²) in [4.78, 5) is 5.79. The van der Waals surface area contributed by atoms with E-state index < -0.39 is 6.10 Å². The normalized spacial score (nSPS) is 24.5. The molecule has 1 fully saturated rings. The molecular weight excluding hydrogens is 195 g/mol. The maximum atomic E-state index is 13.4. The number of halogens is 1. The largest absolute Gasteiger partial charge is 0.391 e. The first-order valence-corrected chi connectivity index (χ1v) is 5.04. The molecule has 1 aromatic heterocycles. The van der Waals surface area contributed by atoms with Gasteiger partial charge in [0.15, 0.2) is 11.6 Å². The molecule has 1 atom stereocenters. The van der Waals surface area contributed by atoms with Crippen LogP contribution in [-0.4, -0.2) is 29.3 Å². The Labute approximate surface area is 88.6 Å². The van der Waals surface area contributed by atoms with Gasteiger partial charge < -0.3 is 10.0 Å². The third-order valence-corrected chi connectivity index (χ3v) is 2.93. The first kappa shape index (κ1) is 10.4. The number of β-amino-alcohol motifs (C(OH)–C–C–N with tert-alkyl or cyclic N) is 1. The molecule has 0 radical (unpaired) electrons. The second kappa shape index (κ2) is 3.45. The molecule has 82 valence electrons. The first-order valence-electron chi connectivity index (χ1n) is 5.04. The molecule has 0 aliphatic carbocycles. The summed E-state index contributed by atoms with van der Waals surface area (Å²) in [7, 11) is 0. The molecule has 1 aliphatic rings. The third-order valence-electron chi connectivity index (χ3n) is 2.93. The molecule has 0 spiro atoms. The highest BCUT2D eigenvalue weighted by molar-refractivity contribution is 5.42. The number of aliphatic hydroxyl groups is 1. The minimum Gasteiger partial charge on any atom is -0.391 e. The van der Waals surface area contributed by atoms with Crippen molar-refractivity contribution in [2.24, 2.45) is 5.41 Å². The van der Waals surface area contributed by atoms with Crippen LogP contribution in [0.5, 0.6) is 0 Å². The number of anilines is 1. The fraction of sp³-hybridized carbons (Fsp3) is 0.545. The van der Waals surface area contributed by atoms with Gasteiger partial charge in [0.05, 0.1) is 6.10 Å². The van der Waals surface area contributed by atoms with Gasteiger partial charge in [-0.25, -0.2) is 9.37 Å². The second-order valence-corrected chi connectivity index (χ2v) is 4.69. The molecule has 0 bridgehead atoms. The zero-order chi connectivity index (χ0) is 11.1. The van der Waals surface area contributed by atoms with Crippen LogP contribution in [0.4, 0.5) is 10.2 Å². The van der Waals surface area contributed by atoms with Gasteiger partial charge in [-0.3, -0.25) is 0 Å². The lowest BCUT2D eigenvalue weighted by Gasteiger charge is -2.21. The zero-order valence-corrected chi connectivity index (χ0v) is 8.94. The van der Waals surface area contributed by atoms with Gasteiger partial charge in [-0.2, -0.15) is 0 Å². The molecule has 0 unspecified atom stereocenters. The monoisotopic (exact) mass is 210 g/mol. The summed E-state index contributed by atoms with van der Waals surface area (Å²) in [5, 5.41) is 9.79. The van der Waals surface area contributed by atoms with Crippen LogP contribution < -0.4 is 4.90 Å². The molecule has 15 heavy (non-hydrogen) atoms. The highest BCUT2D eigenvalue weighted by Crippen LogP contribution is 2.32. The number of aliphatic hydroxyl groups excluding tert-OH is 1. The van der Waals surface area contributed by atoms with E-state index in [1.165, 1.54) is 6.07 Å².